The van der Waals surface area contributed by atoms with Gasteiger partial charge in [-0.2, -0.15) is 0 Å². The number of carbonyl (C=O) groups is 1. The summed E-state index contributed by atoms with van der Waals surface area (Å²) in [6.45, 7) is 9.71. The van der Waals surface area contributed by atoms with Gasteiger partial charge >= 0.3 is 0 Å². The molecule has 22 heavy (non-hydrogen) atoms. The zero-order valence-corrected chi connectivity index (χ0v) is 14.5. The van der Waals surface area contributed by atoms with Crippen molar-refractivity contribution in [2.45, 2.75) is 32.9 Å². The van der Waals surface area contributed by atoms with E-state index in [2.05, 4.69) is 37.0 Å². The number of amides is 1. The van der Waals surface area contributed by atoms with E-state index in [4.69, 9.17) is 0 Å². The van der Waals surface area contributed by atoms with Gasteiger partial charge in [-0.05, 0) is 51.0 Å². The summed E-state index contributed by atoms with van der Waals surface area (Å²) in [5, 5.41) is 0.851. The molecular formula is C17H23N3OS. The molecule has 0 atom stereocenters. The van der Waals surface area contributed by atoms with Crippen LogP contribution in [-0.2, 0) is 4.79 Å². The quantitative estimate of drug-likeness (QED) is 0.766. The molecule has 0 fully saturated rings. The third kappa shape index (κ3) is 3.71. The molecule has 0 N–H and O–H groups in total. The fourth-order valence-electron chi connectivity index (χ4n) is 2.26. The molecule has 118 valence electrons. The Labute approximate surface area is 136 Å². The molecular weight excluding hydrogens is 294 g/mol. The van der Waals surface area contributed by atoms with E-state index < -0.39 is 0 Å². The van der Waals surface area contributed by atoms with Gasteiger partial charge in [0.1, 0.15) is 0 Å². The lowest BCUT2D eigenvalue weighted by Crippen LogP contribution is -2.31. The molecule has 0 spiro atoms. The van der Waals surface area contributed by atoms with Crippen LogP contribution in [0, 0.1) is 13.8 Å². The summed E-state index contributed by atoms with van der Waals surface area (Å²) in [5.74, 6) is 0.577. The normalized spacial score (nSPS) is 10.7. The van der Waals surface area contributed by atoms with Crippen LogP contribution in [0.1, 0.15) is 25.0 Å². The number of aryl methyl sites for hydroxylation is 2. The standard InChI is InChI=1S/C17H23N3OS/c1-5-19(6-2)16(21)12-22-17-18-9-10-20(17)15-8-7-13(3)14(4)11-15/h7-11H,5-6,12H2,1-4H3. The molecule has 0 radical (unpaired) electrons. The minimum atomic E-state index is 0.157. The van der Waals surface area contributed by atoms with E-state index in [9.17, 15) is 4.79 Å². The third-order valence-electron chi connectivity index (χ3n) is 3.82. The summed E-state index contributed by atoms with van der Waals surface area (Å²) >= 11 is 1.49. The maximum absolute atomic E-state index is 12.1. The molecule has 0 saturated carbocycles. The van der Waals surface area contributed by atoms with Gasteiger partial charge in [0.2, 0.25) is 5.91 Å². The van der Waals surface area contributed by atoms with Crippen LogP contribution in [0.2, 0.25) is 0 Å². The molecule has 0 bridgehead atoms. The zero-order chi connectivity index (χ0) is 16.1. The van der Waals surface area contributed by atoms with Crippen LogP contribution in [-0.4, -0.2) is 39.2 Å². The Morgan fingerprint density at radius 2 is 1.95 bits per heavy atom. The van der Waals surface area contributed by atoms with Crippen LogP contribution in [0.25, 0.3) is 5.69 Å². The second-order valence-corrected chi connectivity index (χ2v) is 6.15. The van der Waals surface area contributed by atoms with Crippen LogP contribution < -0.4 is 0 Å². The van der Waals surface area contributed by atoms with E-state index in [0.717, 1.165) is 23.9 Å². The summed E-state index contributed by atoms with van der Waals surface area (Å²) in [7, 11) is 0. The second-order valence-electron chi connectivity index (χ2n) is 5.20. The first kappa shape index (κ1) is 16.6. The van der Waals surface area contributed by atoms with Gasteiger partial charge < -0.3 is 4.90 Å². The maximum Gasteiger partial charge on any atom is 0.233 e. The van der Waals surface area contributed by atoms with Gasteiger partial charge in [-0.3, -0.25) is 9.36 Å². The Morgan fingerprint density at radius 3 is 2.59 bits per heavy atom. The van der Waals surface area contributed by atoms with E-state index in [-0.39, 0.29) is 5.91 Å². The molecule has 2 rings (SSSR count). The molecule has 2 aromatic rings. The molecule has 1 amide bonds. The minimum absolute atomic E-state index is 0.157. The highest BCUT2D eigenvalue weighted by Crippen LogP contribution is 2.22. The van der Waals surface area contributed by atoms with E-state index in [1.807, 2.05) is 29.5 Å². The minimum Gasteiger partial charge on any atom is -0.343 e. The molecule has 0 aliphatic rings. The summed E-state index contributed by atoms with van der Waals surface area (Å²) in [6.07, 6.45) is 3.72. The number of carbonyl (C=O) groups excluding carboxylic acids is 1. The number of rotatable bonds is 6. The number of hydrogen-bond donors (Lipinski definition) is 0. The lowest BCUT2D eigenvalue weighted by Gasteiger charge is -2.18. The van der Waals surface area contributed by atoms with Gasteiger partial charge in [-0.1, -0.05) is 17.8 Å². The maximum atomic E-state index is 12.1. The Morgan fingerprint density at radius 1 is 1.23 bits per heavy atom. The fraction of sp³-hybridized carbons (Fsp3) is 0.412. The van der Waals surface area contributed by atoms with Gasteiger partial charge in [0.15, 0.2) is 5.16 Å². The predicted octanol–water partition coefficient (Wildman–Crippen LogP) is 3.45. The highest BCUT2D eigenvalue weighted by molar-refractivity contribution is 7.99. The molecule has 0 aliphatic heterocycles. The first-order chi connectivity index (χ1) is 10.6. The average molecular weight is 317 g/mol. The van der Waals surface area contributed by atoms with Crippen LogP contribution in [0.3, 0.4) is 0 Å². The lowest BCUT2D eigenvalue weighted by molar-refractivity contribution is -0.127. The molecule has 1 heterocycles. The molecule has 1 aromatic carbocycles. The SMILES string of the molecule is CCN(CC)C(=O)CSc1nccn1-c1ccc(C)c(C)c1. The largest absolute Gasteiger partial charge is 0.343 e. The van der Waals surface area contributed by atoms with Gasteiger partial charge in [-0.25, -0.2) is 4.98 Å². The average Bonchev–Trinajstić information content (AvgIpc) is 2.97. The first-order valence-electron chi connectivity index (χ1n) is 7.58. The van der Waals surface area contributed by atoms with Crippen LogP contribution in [0.15, 0.2) is 35.7 Å². The molecule has 1 aromatic heterocycles. The zero-order valence-electron chi connectivity index (χ0n) is 13.7. The topological polar surface area (TPSA) is 38.1 Å². The Balaban J connectivity index is 2.13. The molecule has 5 heteroatoms. The van der Waals surface area contributed by atoms with Crippen molar-refractivity contribution >= 4 is 17.7 Å². The van der Waals surface area contributed by atoms with Crippen molar-refractivity contribution < 1.29 is 4.79 Å². The fourth-order valence-corrected chi connectivity index (χ4v) is 3.14. The summed E-state index contributed by atoms with van der Waals surface area (Å²) < 4.78 is 2.03. The van der Waals surface area contributed by atoms with E-state index >= 15 is 0 Å². The molecule has 0 unspecified atom stereocenters. The van der Waals surface area contributed by atoms with Crippen molar-refractivity contribution in [3.05, 3.63) is 41.7 Å². The van der Waals surface area contributed by atoms with Crippen molar-refractivity contribution in [2.75, 3.05) is 18.8 Å². The predicted molar refractivity (Wildman–Crippen MR) is 91.7 cm³/mol. The Bertz CT molecular complexity index is 647. The number of aromatic nitrogens is 2. The van der Waals surface area contributed by atoms with E-state index in [1.165, 1.54) is 22.9 Å². The molecule has 4 nitrogen and oxygen atoms in total. The lowest BCUT2D eigenvalue weighted by atomic mass is 10.1. The number of thioether (sulfide) groups is 1. The third-order valence-corrected chi connectivity index (χ3v) is 4.77. The number of benzene rings is 1. The van der Waals surface area contributed by atoms with Crippen LogP contribution in [0.4, 0.5) is 0 Å². The number of nitrogens with zero attached hydrogens (tertiary/aromatic N) is 3. The van der Waals surface area contributed by atoms with Crippen molar-refractivity contribution in [2.24, 2.45) is 0 Å². The monoisotopic (exact) mass is 317 g/mol. The van der Waals surface area contributed by atoms with Gasteiger partial charge in [-0.15, -0.1) is 0 Å². The van der Waals surface area contributed by atoms with Crippen LogP contribution in [0.5, 0.6) is 0 Å². The number of hydrogen-bond acceptors (Lipinski definition) is 3. The van der Waals surface area contributed by atoms with Crippen molar-refractivity contribution in [3.8, 4) is 5.69 Å². The Hall–Kier alpha value is -1.75. The smallest absolute Gasteiger partial charge is 0.233 e. The molecule has 0 aliphatic carbocycles. The van der Waals surface area contributed by atoms with Crippen molar-refractivity contribution in [1.82, 2.24) is 14.5 Å². The highest BCUT2D eigenvalue weighted by Gasteiger charge is 2.13. The summed E-state index contributed by atoms with van der Waals surface area (Å²) in [6, 6.07) is 6.34. The van der Waals surface area contributed by atoms with E-state index in [1.54, 1.807) is 6.20 Å². The summed E-state index contributed by atoms with van der Waals surface area (Å²) in [4.78, 5) is 18.3. The first-order valence-corrected chi connectivity index (χ1v) is 8.56. The van der Waals surface area contributed by atoms with Crippen molar-refractivity contribution in [1.29, 1.82) is 0 Å². The van der Waals surface area contributed by atoms with E-state index in [0.29, 0.717) is 5.75 Å². The van der Waals surface area contributed by atoms with Crippen LogP contribution >= 0.6 is 11.8 Å². The molecule has 0 saturated heterocycles. The Kier molecular flexibility index (Phi) is 5.66. The second kappa shape index (κ2) is 7.49. The highest BCUT2D eigenvalue weighted by atomic mass is 32.2. The van der Waals surface area contributed by atoms with Gasteiger partial charge in [0, 0.05) is 31.2 Å². The van der Waals surface area contributed by atoms with Gasteiger partial charge in [0.25, 0.3) is 0 Å². The van der Waals surface area contributed by atoms with Crippen molar-refractivity contribution in [3.63, 3.8) is 0 Å². The van der Waals surface area contributed by atoms with Gasteiger partial charge in [0.05, 0.1) is 5.75 Å². The number of imidazole rings is 1. The summed E-state index contributed by atoms with van der Waals surface area (Å²) in [5.41, 5.74) is 3.61.